The standard InChI is InChI=1S/C23H38FN4O11P/c1-8-15(18(31)38-13(4)5)27-40(35,26-14(6)17(30)37-12(2)3)36-11-23(24)19(32)22(7,34)20(39-23)28-10-9-16(29)25-21(28)33/h9-10,12-15,19-20,32,34H,8,11H2,1-7H3,(H,25,29,33)(H2,26,27,35)/t14-,15-,19-,20+,22+,23+,40?/m0/s1. The van der Waals surface area contributed by atoms with Gasteiger partial charge in [-0.2, -0.15) is 0 Å². The van der Waals surface area contributed by atoms with Crippen LogP contribution in [0.1, 0.15) is 61.1 Å². The van der Waals surface area contributed by atoms with Gasteiger partial charge >= 0.3 is 25.3 Å². The van der Waals surface area contributed by atoms with Crippen molar-refractivity contribution >= 4 is 19.6 Å². The molecule has 1 fully saturated rings. The summed E-state index contributed by atoms with van der Waals surface area (Å²) in [6.45, 7) is 8.93. The highest BCUT2D eigenvalue weighted by molar-refractivity contribution is 7.54. The largest absolute Gasteiger partial charge is 0.462 e. The smallest absolute Gasteiger partial charge is 0.342 e. The Bertz CT molecular complexity index is 1220. The lowest BCUT2D eigenvalue weighted by Gasteiger charge is -2.31. The number of aliphatic hydroxyl groups is 2. The van der Waals surface area contributed by atoms with Gasteiger partial charge in [0.15, 0.2) is 6.23 Å². The van der Waals surface area contributed by atoms with Crippen molar-refractivity contribution in [3.63, 3.8) is 0 Å². The van der Waals surface area contributed by atoms with Gasteiger partial charge in [0, 0.05) is 12.3 Å². The van der Waals surface area contributed by atoms with Gasteiger partial charge in [-0.05, 0) is 48.0 Å². The topological polar surface area (TPSA) is 208 Å². The second kappa shape index (κ2) is 13.0. The lowest BCUT2D eigenvalue weighted by molar-refractivity contribution is -0.203. The van der Waals surface area contributed by atoms with E-state index in [1.165, 1.54) is 6.92 Å². The molecule has 17 heteroatoms. The number of aromatic amines is 1. The number of aromatic nitrogens is 2. The molecular weight excluding hydrogens is 558 g/mol. The number of nitrogens with zero attached hydrogens (tertiary/aromatic N) is 1. The van der Waals surface area contributed by atoms with Gasteiger partial charge in [0.2, 0.25) is 0 Å². The molecule has 1 aromatic heterocycles. The van der Waals surface area contributed by atoms with Crippen molar-refractivity contribution in [1.29, 1.82) is 0 Å². The lowest BCUT2D eigenvalue weighted by Crippen LogP contribution is -2.50. The van der Waals surface area contributed by atoms with Crippen LogP contribution in [-0.2, 0) is 32.9 Å². The molecule has 0 radical (unpaired) electrons. The SMILES string of the molecule is CC[C@H](NP(=O)(N[C@@H](C)C(=O)OC(C)C)OC[C@@]1(F)O[C@@H](n2ccc(=O)[nH]c2=O)[C@](C)(O)[C@@H]1O)C(=O)OC(C)C. The van der Waals surface area contributed by atoms with Gasteiger partial charge in [0.05, 0.1) is 12.2 Å². The van der Waals surface area contributed by atoms with Gasteiger partial charge in [-0.1, -0.05) is 6.92 Å². The predicted molar refractivity (Wildman–Crippen MR) is 138 cm³/mol. The van der Waals surface area contributed by atoms with Crippen LogP contribution in [0.4, 0.5) is 4.39 Å². The van der Waals surface area contributed by atoms with Crippen LogP contribution in [0, 0.1) is 0 Å². The van der Waals surface area contributed by atoms with E-state index in [1.54, 1.807) is 34.6 Å². The number of alkyl halides is 1. The zero-order valence-corrected chi connectivity index (χ0v) is 24.3. The average Bonchev–Trinajstić information content (AvgIpc) is 3.01. The lowest BCUT2D eigenvalue weighted by atomic mass is 9.95. The van der Waals surface area contributed by atoms with Crippen LogP contribution >= 0.6 is 7.67 Å². The first kappa shape index (κ1) is 33.7. The van der Waals surface area contributed by atoms with Gasteiger partial charge in [0.1, 0.15) is 30.4 Å². The number of nitrogens with one attached hydrogen (secondary N) is 3. The first-order chi connectivity index (χ1) is 18.3. The maximum atomic E-state index is 16.0. The monoisotopic (exact) mass is 596 g/mol. The Labute approximate surface area is 229 Å². The second-order valence-corrected chi connectivity index (χ2v) is 12.0. The third kappa shape index (κ3) is 8.06. The fourth-order valence-electron chi connectivity index (χ4n) is 3.77. The molecule has 0 aliphatic carbocycles. The van der Waals surface area contributed by atoms with E-state index in [0.29, 0.717) is 4.57 Å². The summed E-state index contributed by atoms with van der Waals surface area (Å²) in [6, 6.07) is -1.59. The number of esters is 2. The highest BCUT2D eigenvalue weighted by Gasteiger charge is 2.63. The highest BCUT2D eigenvalue weighted by Crippen LogP contribution is 2.48. The summed E-state index contributed by atoms with van der Waals surface area (Å²) in [6.07, 6.45) is -4.23. The second-order valence-electron chi connectivity index (χ2n) is 10.1. The Kier molecular flexibility index (Phi) is 11.0. The maximum Gasteiger partial charge on any atom is 0.342 e. The summed E-state index contributed by atoms with van der Waals surface area (Å²) < 4.78 is 51.3. The van der Waals surface area contributed by atoms with Crippen LogP contribution in [0.15, 0.2) is 21.9 Å². The Morgan fingerprint density at radius 1 is 1.18 bits per heavy atom. The molecule has 2 heterocycles. The number of ether oxygens (including phenoxy) is 3. The van der Waals surface area contributed by atoms with Gasteiger partial charge in [-0.15, -0.1) is 0 Å². The van der Waals surface area contributed by atoms with E-state index >= 15 is 4.39 Å². The van der Waals surface area contributed by atoms with Crippen molar-refractivity contribution in [3.8, 4) is 0 Å². The van der Waals surface area contributed by atoms with E-state index in [1.807, 2.05) is 4.98 Å². The zero-order chi connectivity index (χ0) is 30.6. The van der Waals surface area contributed by atoms with E-state index in [2.05, 4.69) is 10.2 Å². The Morgan fingerprint density at radius 2 is 1.75 bits per heavy atom. The molecule has 0 spiro atoms. The molecule has 0 amide bonds. The normalized spacial score (nSPS) is 27.8. The molecular formula is C23H38FN4O11P. The molecule has 1 aliphatic rings. The molecule has 1 unspecified atom stereocenters. The average molecular weight is 597 g/mol. The Balaban J connectivity index is 2.37. The van der Waals surface area contributed by atoms with Crippen LogP contribution in [0.25, 0.3) is 0 Å². The molecule has 15 nitrogen and oxygen atoms in total. The summed E-state index contributed by atoms with van der Waals surface area (Å²) in [5.41, 5.74) is -4.26. The van der Waals surface area contributed by atoms with Crippen molar-refractivity contribution in [2.45, 2.75) is 103 Å². The minimum Gasteiger partial charge on any atom is -0.462 e. The minimum absolute atomic E-state index is 0.0528. The van der Waals surface area contributed by atoms with Crippen molar-refractivity contribution in [2.75, 3.05) is 6.61 Å². The first-order valence-electron chi connectivity index (χ1n) is 12.6. The number of H-pyrrole nitrogens is 1. The number of halogens is 1. The molecule has 2 rings (SSSR count). The van der Waals surface area contributed by atoms with Crippen molar-refractivity contribution in [2.24, 2.45) is 0 Å². The fourth-order valence-corrected chi connectivity index (χ4v) is 5.66. The van der Waals surface area contributed by atoms with Crippen molar-refractivity contribution in [3.05, 3.63) is 33.1 Å². The molecule has 1 saturated heterocycles. The van der Waals surface area contributed by atoms with E-state index in [9.17, 15) is 34.0 Å². The van der Waals surface area contributed by atoms with Gasteiger partial charge in [-0.3, -0.25) is 33.0 Å². The van der Waals surface area contributed by atoms with E-state index in [4.69, 9.17) is 18.7 Å². The molecule has 1 aromatic rings. The minimum atomic E-state index is -4.54. The van der Waals surface area contributed by atoms with Crippen LogP contribution < -0.4 is 21.4 Å². The van der Waals surface area contributed by atoms with Crippen molar-refractivity contribution in [1.82, 2.24) is 19.7 Å². The van der Waals surface area contributed by atoms with E-state index < -0.39 is 85.5 Å². The van der Waals surface area contributed by atoms with Gasteiger partial charge in [0.25, 0.3) is 11.4 Å². The highest BCUT2D eigenvalue weighted by atomic mass is 31.2. The summed E-state index contributed by atoms with van der Waals surface area (Å²) in [5.74, 6) is -4.89. The Hall–Kier alpha value is -2.46. The van der Waals surface area contributed by atoms with Crippen LogP contribution in [0.5, 0.6) is 0 Å². The van der Waals surface area contributed by atoms with Crippen LogP contribution in [0.2, 0.25) is 0 Å². The zero-order valence-electron chi connectivity index (χ0n) is 23.4. The molecule has 0 bridgehead atoms. The summed E-state index contributed by atoms with van der Waals surface area (Å²) in [5, 5.41) is 26.3. The third-order valence-electron chi connectivity index (χ3n) is 5.76. The number of aliphatic hydroxyl groups excluding tert-OH is 1. The molecule has 228 valence electrons. The summed E-state index contributed by atoms with van der Waals surface area (Å²) in [7, 11) is -4.54. The molecule has 1 aliphatic heterocycles. The summed E-state index contributed by atoms with van der Waals surface area (Å²) in [4.78, 5) is 50.5. The number of carbonyl (C=O) groups is 2. The van der Waals surface area contributed by atoms with Crippen LogP contribution in [-0.4, -0.2) is 80.2 Å². The quantitative estimate of drug-likeness (QED) is 0.153. The number of hydrogen-bond donors (Lipinski definition) is 5. The summed E-state index contributed by atoms with van der Waals surface area (Å²) >= 11 is 0. The molecule has 0 saturated carbocycles. The van der Waals surface area contributed by atoms with Crippen LogP contribution in [0.3, 0.4) is 0 Å². The fraction of sp³-hybridized carbons (Fsp3) is 0.739. The number of carbonyl (C=O) groups excluding carboxylic acids is 2. The van der Waals surface area contributed by atoms with Gasteiger partial charge in [-0.25, -0.2) is 19.4 Å². The molecule has 40 heavy (non-hydrogen) atoms. The first-order valence-corrected chi connectivity index (χ1v) is 14.3. The number of hydrogen-bond acceptors (Lipinski definition) is 11. The Morgan fingerprint density at radius 3 is 2.27 bits per heavy atom. The predicted octanol–water partition coefficient (Wildman–Crippen LogP) is 0.217. The van der Waals surface area contributed by atoms with Crippen molar-refractivity contribution < 1.29 is 47.5 Å². The third-order valence-corrected chi connectivity index (χ3v) is 7.63. The number of rotatable bonds is 13. The van der Waals surface area contributed by atoms with Gasteiger partial charge < -0.3 is 24.4 Å². The van der Waals surface area contributed by atoms with E-state index in [0.717, 1.165) is 19.2 Å². The molecule has 7 atom stereocenters. The molecule has 0 aromatic carbocycles. The van der Waals surface area contributed by atoms with E-state index in [-0.39, 0.29) is 6.42 Å². The molecule has 5 N–H and O–H groups in total. The maximum absolute atomic E-state index is 16.0.